The largest absolute Gasteiger partial charge is 0.466 e. The molecule has 3 heterocycles. The van der Waals surface area contributed by atoms with Gasteiger partial charge in [0.15, 0.2) is 0 Å². The van der Waals surface area contributed by atoms with Crippen molar-refractivity contribution in [3.05, 3.63) is 22.6 Å². The molecule has 1 unspecified atom stereocenters. The summed E-state index contributed by atoms with van der Waals surface area (Å²) in [6, 6.07) is 0. The highest BCUT2D eigenvalue weighted by Crippen LogP contribution is 2.23. The van der Waals surface area contributed by atoms with Gasteiger partial charge in [0.05, 0.1) is 11.7 Å². The van der Waals surface area contributed by atoms with Crippen LogP contribution in [0.25, 0.3) is 0 Å². The van der Waals surface area contributed by atoms with E-state index in [1.54, 1.807) is 0 Å². The van der Waals surface area contributed by atoms with Gasteiger partial charge in [-0.3, -0.25) is 9.69 Å². The maximum atomic E-state index is 12.7. The first-order valence-electron chi connectivity index (χ1n) is 8.26. The number of nitrogens with zero attached hydrogens (tertiary/aromatic N) is 2. The van der Waals surface area contributed by atoms with Gasteiger partial charge in [-0.1, -0.05) is 0 Å². The second-order valence-electron chi connectivity index (χ2n) is 6.44. The summed E-state index contributed by atoms with van der Waals surface area (Å²) in [6.07, 6.45) is 2.75. The summed E-state index contributed by atoms with van der Waals surface area (Å²) in [5.74, 6) is 1.70. The van der Waals surface area contributed by atoms with Crippen molar-refractivity contribution in [2.45, 2.75) is 39.7 Å². The van der Waals surface area contributed by atoms with E-state index in [0.717, 1.165) is 62.0 Å². The molecule has 22 heavy (non-hydrogen) atoms. The number of furan rings is 1. The summed E-state index contributed by atoms with van der Waals surface area (Å²) in [4.78, 5) is 17.1. The number of carbonyl (C=O) groups is 1. The molecule has 2 aliphatic heterocycles. The van der Waals surface area contributed by atoms with E-state index in [1.807, 2.05) is 25.7 Å². The van der Waals surface area contributed by atoms with Gasteiger partial charge in [0.25, 0.3) is 5.91 Å². The molecule has 1 atom stereocenters. The van der Waals surface area contributed by atoms with Gasteiger partial charge in [0.2, 0.25) is 0 Å². The predicted molar refractivity (Wildman–Crippen MR) is 84.2 cm³/mol. The molecule has 0 bridgehead atoms. The molecule has 0 spiro atoms. The van der Waals surface area contributed by atoms with Gasteiger partial charge in [-0.2, -0.15) is 0 Å². The van der Waals surface area contributed by atoms with Gasteiger partial charge in [0.1, 0.15) is 11.5 Å². The third-order valence-electron chi connectivity index (χ3n) is 4.92. The second kappa shape index (κ2) is 6.42. The van der Waals surface area contributed by atoms with Crippen LogP contribution in [0.15, 0.2) is 4.42 Å². The Morgan fingerprint density at radius 1 is 1.14 bits per heavy atom. The standard InChI is InChI=1S/C17H26N2O3/c1-12-13(2)22-14(3)16(12)17(20)19-8-6-18(7-9-19)11-15-5-4-10-21-15/h15H,4-11H2,1-3H3. The Bertz CT molecular complexity index is 538. The van der Waals surface area contributed by atoms with Crippen LogP contribution in [-0.2, 0) is 4.74 Å². The molecule has 0 N–H and O–H groups in total. The lowest BCUT2D eigenvalue weighted by Crippen LogP contribution is -2.50. The number of ether oxygens (including phenoxy) is 1. The third kappa shape index (κ3) is 3.06. The van der Waals surface area contributed by atoms with Gasteiger partial charge in [-0.15, -0.1) is 0 Å². The number of aryl methyl sites for hydroxylation is 2. The molecule has 2 fully saturated rings. The Kier molecular flexibility index (Phi) is 4.54. The summed E-state index contributed by atoms with van der Waals surface area (Å²) in [5, 5.41) is 0. The highest BCUT2D eigenvalue weighted by atomic mass is 16.5. The lowest BCUT2D eigenvalue weighted by Gasteiger charge is -2.35. The Balaban J connectivity index is 1.57. The van der Waals surface area contributed by atoms with Gasteiger partial charge < -0.3 is 14.1 Å². The average molecular weight is 306 g/mol. The van der Waals surface area contributed by atoms with Crippen LogP contribution in [0.4, 0.5) is 0 Å². The molecular formula is C17H26N2O3. The van der Waals surface area contributed by atoms with Crippen molar-refractivity contribution >= 4 is 5.91 Å². The molecule has 0 saturated carbocycles. The quantitative estimate of drug-likeness (QED) is 0.858. The molecule has 5 heteroatoms. The summed E-state index contributed by atoms with van der Waals surface area (Å²) >= 11 is 0. The lowest BCUT2D eigenvalue weighted by atomic mass is 10.1. The lowest BCUT2D eigenvalue weighted by molar-refractivity contribution is 0.0431. The van der Waals surface area contributed by atoms with Crippen LogP contribution in [0.1, 0.15) is 40.3 Å². The second-order valence-corrected chi connectivity index (χ2v) is 6.44. The van der Waals surface area contributed by atoms with E-state index in [1.165, 1.54) is 12.8 Å². The molecule has 1 aromatic heterocycles. The Hall–Kier alpha value is -1.33. The SMILES string of the molecule is Cc1oc(C)c(C(=O)N2CCN(CC3CCCO3)CC2)c1C. The molecule has 5 nitrogen and oxygen atoms in total. The smallest absolute Gasteiger partial charge is 0.257 e. The van der Waals surface area contributed by atoms with E-state index in [0.29, 0.717) is 6.10 Å². The number of hydrogen-bond donors (Lipinski definition) is 0. The number of rotatable bonds is 3. The van der Waals surface area contributed by atoms with Crippen LogP contribution >= 0.6 is 0 Å². The van der Waals surface area contributed by atoms with Crippen molar-refractivity contribution < 1.29 is 13.9 Å². The van der Waals surface area contributed by atoms with Crippen molar-refractivity contribution in [2.24, 2.45) is 0 Å². The van der Waals surface area contributed by atoms with E-state index in [-0.39, 0.29) is 5.91 Å². The molecule has 122 valence electrons. The minimum absolute atomic E-state index is 0.114. The van der Waals surface area contributed by atoms with Crippen molar-refractivity contribution in [1.29, 1.82) is 0 Å². The van der Waals surface area contributed by atoms with Crippen LogP contribution in [-0.4, -0.2) is 61.1 Å². The predicted octanol–water partition coefficient (Wildman–Crippen LogP) is 2.14. The molecular weight excluding hydrogens is 280 g/mol. The summed E-state index contributed by atoms with van der Waals surface area (Å²) < 4.78 is 11.3. The van der Waals surface area contributed by atoms with Crippen molar-refractivity contribution in [2.75, 3.05) is 39.3 Å². The minimum atomic E-state index is 0.114. The van der Waals surface area contributed by atoms with Crippen molar-refractivity contribution in [1.82, 2.24) is 9.80 Å². The number of carbonyl (C=O) groups excluding carboxylic acids is 1. The fourth-order valence-electron chi connectivity index (χ4n) is 3.48. The zero-order chi connectivity index (χ0) is 15.7. The van der Waals surface area contributed by atoms with Crippen LogP contribution in [0.2, 0.25) is 0 Å². The average Bonchev–Trinajstić information content (AvgIpc) is 3.08. The van der Waals surface area contributed by atoms with Crippen molar-refractivity contribution in [3.63, 3.8) is 0 Å². The van der Waals surface area contributed by atoms with Crippen molar-refractivity contribution in [3.8, 4) is 0 Å². The summed E-state index contributed by atoms with van der Waals surface area (Å²) in [6.45, 7) is 11.1. The minimum Gasteiger partial charge on any atom is -0.466 e. The fourth-order valence-corrected chi connectivity index (χ4v) is 3.48. The normalized spacial score (nSPS) is 23.2. The number of piperazine rings is 1. The molecule has 0 radical (unpaired) electrons. The van der Waals surface area contributed by atoms with Crippen LogP contribution in [0.5, 0.6) is 0 Å². The zero-order valence-corrected chi connectivity index (χ0v) is 13.9. The first-order chi connectivity index (χ1) is 10.6. The van der Waals surface area contributed by atoms with Crippen LogP contribution in [0.3, 0.4) is 0 Å². The van der Waals surface area contributed by atoms with Crippen LogP contribution < -0.4 is 0 Å². The van der Waals surface area contributed by atoms with Gasteiger partial charge in [-0.05, 0) is 33.6 Å². The molecule has 1 aromatic rings. The molecule has 2 saturated heterocycles. The highest BCUT2D eigenvalue weighted by Gasteiger charge is 2.28. The maximum absolute atomic E-state index is 12.7. The van der Waals surface area contributed by atoms with E-state index in [2.05, 4.69) is 4.90 Å². The topological polar surface area (TPSA) is 45.9 Å². The number of amides is 1. The molecule has 0 aliphatic carbocycles. The van der Waals surface area contributed by atoms with E-state index in [4.69, 9.17) is 9.15 Å². The Morgan fingerprint density at radius 3 is 2.41 bits per heavy atom. The van der Waals surface area contributed by atoms with E-state index >= 15 is 0 Å². The highest BCUT2D eigenvalue weighted by molar-refractivity contribution is 5.97. The Labute approximate surface area is 132 Å². The molecule has 3 rings (SSSR count). The summed E-state index contributed by atoms with van der Waals surface area (Å²) in [7, 11) is 0. The first-order valence-corrected chi connectivity index (χ1v) is 8.26. The van der Waals surface area contributed by atoms with Gasteiger partial charge in [-0.25, -0.2) is 0 Å². The fraction of sp³-hybridized carbons (Fsp3) is 0.706. The maximum Gasteiger partial charge on any atom is 0.257 e. The molecule has 2 aliphatic rings. The monoisotopic (exact) mass is 306 g/mol. The summed E-state index contributed by atoms with van der Waals surface area (Å²) in [5.41, 5.74) is 1.73. The zero-order valence-electron chi connectivity index (χ0n) is 13.9. The van der Waals surface area contributed by atoms with E-state index < -0.39 is 0 Å². The Morgan fingerprint density at radius 2 is 1.86 bits per heavy atom. The van der Waals surface area contributed by atoms with Gasteiger partial charge >= 0.3 is 0 Å². The van der Waals surface area contributed by atoms with E-state index in [9.17, 15) is 4.79 Å². The molecule has 1 amide bonds. The van der Waals surface area contributed by atoms with Gasteiger partial charge in [0, 0.05) is 44.9 Å². The van der Waals surface area contributed by atoms with Crippen LogP contribution in [0, 0.1) is 20.8 Å². The molecule has 0 aromatic carbocycles. The number of hydrogen-bond acceptors (Lipinski definition) is 4. The third-order valence-corrected chi connectivity index (χ3v) is 4.92. The first kappa shape index (κ1) is 15.6.